The van der Waals surface area contributed by atoms with Crippen LogP contribution in [0.25, 0.3) is 0 Å². The number of nitrogens with zero attached hydrogens (tertiary/aromatic N) is 3. The zero-order valence-electron chi connectivity index (χ0n) is 23.0. The molecule has 3 aliphatic heterocycles. The molecule has 3 aliphatic rings. The summed E-state index contributed by atoms with van der Waals surface area (Å²) in [6.45, 7) is 5.39. The van der Waals surface area contributed by atoms with E-state index < -0.39 is 10.8 Å². The van der Waals surface area contributed by atoms with Crippen molar-refractivity contribution in [2.45, 2.75) is 58.4 Å². The van der Waals surface area contributed by atoms with Gasteiger partial charge in [-0.3, -0.25) is 28.2 Å². The van der Waals surface area contributed by atoms with E-state index in [-0.39, 0.29) is 17.7 Å². The zero-order chi connectivity index (χ0) is 28.0. The number of carbonyl (C=O) groups excluding carboxylic acids is 5. The average molecular weight is 522 g/mol. The molecule has 3 fully saturated rings. The van der Waals surface area contributed by atoms with E-state index in [4.69, 9.17) is 0 Å². The smallest absolute Gasteiger partial charge is 0.222 e. The largest absolute Gasteiger partial charge is 0.356 e. The molecule has 12 heteroatoms. The van der Waals surface area contributed by atoms with E-state index >= 15 is 0 Å². The predicted octanol–water partition coefficient (Wildman–Crippen LogP) is 0.214. The van der Waals surface area contributed by atoms with Gasteiger partial charge >= 0.3 is 0 Å². The second-order valence-corrected chi connectivity index (χ2v) is 10.1. The first-order valence-corrected chi connectivity index (χ1v) is 13.4. The summed E-state index contributed by atoms with van der Waals surface area (Å²) < 4.78 is 9.56. The predicted molar refractivity (Wildman–Crippen MR) is 140 cm³/mol. The Kier molecular flexibility index (Phi) is 24.6. The quantitative estimate of drug-likeness (QED) is 0.474. The van der Waals surface area contributed by atoms with Crippen LogP contribution in [0.2, 0.25) is 0 Å². The first-order chi connectivity index (χ1) is 16.1. The van der Waals surface area contributed by atoms with Gasteiger partial charge in [-0.1, -0.05) is 0 Å². The Balaban J connectivity index is -0.000000355. The Morgan fingerprint density at radius 1 is 1.03 bits per heavy atom. The van der Waals surface area contributed by atoms with Crippen molar-refractivity contribution in [3.63, 3.8) is 0 Å². The van der Waals surface area contributed by atoms with Crippen molar-refractivity contribution in [3.8, 4) is 0 Å². The molecule has 3 heterocycles. The summed E-state index contributed by atoms with van der Waals surface area (Å²) in [5, 5.41) is 5.46. The van der Waals surface area contributed by atoms with Gasteiger partial charge in [-0.25, -0.2) is 0 Å². The lowest BCUT2D eigenvalue weighted by Crippen LogP contribution is -2.21. The van der Waals surface area contributed by atoms with Crippen molar-refractivity contribution in [1.29, 1.82) is 0 Å². The molecule has 0 spiro atoms. The summed E-state index contributed by atoms with van der Waals surface area (Å²) in [4.78, 5) is 55.2. The van der Waals surface area contributed by atoms with E-state index in [9.17, 15) is 28.2 Å². The number of carbonyl (C=O) groups is 5. The van der Waals surface area contributed by atoms with Crippen LogP contribution >= 0.6 is 0 Å². The van der Waals surface area contributed by atoms with Crippen molar-refractivity contribution >= 4 is 40.8 Å². The molecule has 3 saturated heterocycles. The molecule has 0 radical (unpaired) electrons. The fourth-order valence-corrected chi connectivity index (χ4v) is 2.11. The van der Waals surface area contributed by atoms with Crippen LogP contribution in [0.5, 0.6) is 0 Å². The van der Waals surface area contributed by atoms with Gasteiger partial charge in [-0.15, -0.1) is 0 Å². The van der Waals surface area contributed by atoms with Crippen LogP contribution in [-0.2, 0) is 34.8 Å². The van der Waals surface area contributed by atoms with E-state index in [0.717, 1.165) is 58.0 Å². The van der Waals surface area contributed by atoms with Crippen molar-refractivity contribution in [3.05, 3.63) is 0 Å². The van der Waals surface area contributed by atoms with E-state index in [1.807, 2.05) is 14.0 Å². The van der Waals surface area contributed by atoms with Gasteiger partial charge in [0, 0.05) is 104 Å². The molecule has 5 amide bonds. The van der Waals surface area contributed by atoms with E-state index in [0.29, 0.717) is 11.9 Å². The highest BCUT2D eigenvalue weighted by atomic mass is 32.2. The standard InChI is InChI=1S/2C5H9NO.C4H7NO.C4H9NO.C3H7NO.C2H6OS/c1-6-4-2-3-5(6)7;1-4-2-3-5(7)6-4;6-4-2-1-3-5-4;1-4(6)5(2)3;1-4(2)3-5;1-4(2)3/h2-4H2,1H3;4H,2-3H2,1H3,(H,6,7);1-3H2,(H,5,6);1-3H3;3H,1-2H3;1-2H3. The Labute approximate surface area is 213 Å². The van der Waals surface area contributed by atoms with Crippen molar-refractivity contribution < 1.29 is 28.2 Å². The Hall–Kier alpha value is -2.50. The molecule has 0 aliphatic carbocycles. The highest BCUT2D eigenvalue weighted by Crippen LogP contribution is 2.05. The monoisotopic (exact) mass is 521 g/mol. The summed E-state index contributed by atoms with van der Waals surface area (Å²) in [5.74, 6) is 0.789. The Morgan fingerprint density at radius 3 is 1.60 bits per heavy atom. The van der Waals surface area contributed by atoms with Crippen LogP contribution in [0.15, 0.2) is 0 Å². The van der Waals surface area contributed by atoms with Gasteiger partial charge < -0.3 is 25.3 Å². The highest BCUT2D eigenvalue weighted by molar-refractivity contribution is 7.83. The van der Waals surface area contributed by atoms with Crippen LogP contribution in [0.3, 0.4) is 0 Å². The normalized spacial score (nSPS) is 17.3. The molecular formula is C23H47N5O6S. The van der Waals surface area contributed by atoms with Gasteiger partial charge in [-0.05, 0) is 26.2 Å². The molecule has 35 heavy (non-hydrogen) atoms. The second kappa shape index (κ2) is 23.3. The van der Waals surface area contributed by atoms with Gasteiger partial charge in [0.25, 0.3) is 0 Å². The third kappa shape index (κ3) is 31.5. The van der Waals surface area contributed by atoms with Crippen molar-refractivity contribution in [2.75, 3.05) is 60.8 Å². The topological polar surface area (TPSA) is 136 Å². The minimum atomic E-state index is -0.611. The lowest BCUT2D eigenvalue weighted by Gasteiger charge is -2.03. The lowest BCUT2D eigenvalue weighted by atomic mass is 10.3. The number of likely N-dealkylation sites (tertiary alicyclic amines) is 1. The molecule has 0 aromatic carbocycles. The number of hydrogen-bond donors (Lipinski definition) is 2. The molecule has 0 aromatic heterocycles. The Bertz CT molecular complexity index is 644. The molecule has 1 atom stereocenters. The first-order valence-electron chi connectivity index (χ1n) is 11.5. The van der Waals surface area contributed by atoms with Gasteiger partial charge in [0.1, 0.15) is 0 Å². The van der Waals surface area contributed by atoms with E-state index in [2.05, 4.69) is 10.6 Å². The SMILES string of the molecule is CC(=O)N(C)C.CC1CCC(=O)N1.CN(C)C=O.CN1CCCC1=O.CS(C)=O.O=C1CCCN1. The van der Waals surface area contributed by atoms with Crippen LogP contribution < -0.4 is 10.6 Å². The Morgan fingerprint density at radius 2 is 1.51 bits per heavy atom. The number of amides is 5. The maximum absolute atomic E-state index is 10.5. The third-order valence-electron chi connectivity index (χ3n) is 4.27. The molecule has 206 valence electrons. The van der Waals surface area contributed by atoms with Crippen LogP contribution in [0, 0.1) is 0 Å². The fourth-order valence-electron chi connectivity index (χ4n) is 2.11. The molecule has 3 rings (SSSR count). The van der Waals surface area contributed by atoms with Gasteiger partial charge in [-0.2, -0.15) is 0 Å². The third-order valence-corrected chi connectivity index (χ3v) is 4.27. The van der Waals surface area contributed by atoms with E-state index in [1.54, 1.807) is 45.6 Å². The van der Waals surface area contributed by atoms with Gasteiger partial charge in [0.15, 0.2) is 0 Å². The summed E-state index contributed by atoms with van der Waals surface area (Å²) in [6.07, 6.45) is 9.34. The minimum Gasteiger partial charge on any atom is -0.356 e. The summed E-state index contributed by atoms with van der Waals surface area (Å²) in [5.41, 5.74) is 0. The van der Waals surface area contributed by atoms with Crippen molar-refractivity contribution in [2.24, 2.45) is 0 Å². The molecular weight excluding hydrogens is 474 g/mol. The summed E-state index contributed by atoms with van der Waals surface area (Å²) in [7, 11) is 8.06. The molecule has 2 N–H and O–H groups in total. The minimum absolute atomic E-state index is 0.0926. The highest BCUT2D eigenvalue weighted by Gasteiger charge is 2.15. The van der Waals surface area contributed by atoms with Gasteiger partial charge in [0.05, 0.1) is 0 Å². The van der Waals surface area contributed by atoms with Crippen LogP contribution in [0.1, 0.15) is 52.4 Å². The number of nitrogens with one attached hydrogen (secondary N) is 2. The van der Waals surface area contributed by atoms with E-state index in [1.165, 1.54) is 16.7 Å². The van der Waals surface area contributed by atoms with Crippen molar-refractivity contribution in [1.82, 2.24) is 25.3 Å². The molecule has 0 aromatic rings. The summed E-state index contributed by atoms with van der Waals surface area (Å²) >= 11 is 0. The van der Waals surface area contributed by atoms with Crippen LogP contribution in [-0.4, -0.2) is 116 Å². The van der Waals surface area contributed by atoms with Crippen LogP contribution in [0.4, 0.5) is 0 Å². The fraction of sp³-hybridized carbons (Fsp3) is 0.783. The first kappa shape index (κ1) is 37.1. The maximum Gasteiger partial charge on any atom is 0.222 e. The zero-order valence-corrected chi connectivity index (χ0v) is 23.8. The molecule has 0 bridgehead atoms. The van der Waals surface area contributed by atoms with Gasteiger partial charge in [0.2, 0.25) is 30.0 Å². The second-order valence-electron chi connectivity index (χ2n) is 8.60. The molecule has 0 saturated carbocycles. The average Bonchev–Trinajstić information content (AvgIpc) is 3.48. The lowest BCUT2D eigenvalue weighted by molar-refractivity contribution is -0.127. The number of rotatable bonds is 1. The molecule has 11 nitrogen and oxygen atoms in total. The summed E-state index contributed by atoms with van der Waals surface area (Å²) in [6, 6.07) is 0.424. The number of hydrogen-bond acceptors (Lipinski definition) is 6. The maximum atomic E-state index is 10.5. The molecule has 1 unspecified atom stereocenters.